The van der Waals surface area contributed by atoms with Crippen LogP contribution in [0.5, 0.6) is 0 Å². The number of aromatic nitrogens is 2. The molecule has 1 aromatic heterocycles. The summed E-state index contributed by atoms with van der Waals surface area (Å²) in [5.41, 5.74) is 2.10. The zero-order chi connectivity index (χ0) is 19.1. The Labute approximate surface area is 167 Å². The Morgan fingerprint density at radius 1 is 1.11 bits per heavy atom. The van der Waals surface area contributed by atoms with Gasteiger partial charge in [0, 0.05) is 18.8 Å². The fourth-order valence-corrected chi connectivity index (χ4v) is 4.55. The molecule has 5 nitrogen and oxygen atoms in total. The molecule has 0 spiro atoms. The van der Waals surface area contributed by atoms with E-state index in [1.54, 1.807) is 4.90 Å². The molecule has 0 saturated carbocycles. The molecule has 0 aliphatic carbocycles. The number of anilines is 2. The van der Waals surface area contributed by atoms with E-state index >= 15 is 0 Å². The maximum Gasteiger partial charge on any atom is 0.240 e. The lowest BCUT2D eigenvalue weighted by atomic mass is 10.2. The average molecular weight is 399 g/mol. The predicted octanol–water partition coefficient (Wildman–Crippen LogP) is 4.68. The van der Waals surface area contributed by atoms with Gasteiger partial charge in [0.25, 0.3) is 0 Å². The van der Waals surface area contributed by atoms with Gasteiger partial charge < -0.3 is 10.2 Å². The fourth-order valence-electron chi connectivity index (χ4n) is 2.60. The first kappa shape index (κ1) is 19.4. The van der Waals surface area contributed by atoms with Crippen molar-refractivity contribution in [2.45, 2.75) is 30.0 Å². The Hall–Kier alpha value is -2.38. The van der Waals surface area contributed by atoms with Crippen molar-refractivity contribution in [3.63, 3.8) is 0 Å². The zero-order valence-corrected chi connectivity index (χ0v) is 17.0. The van der Waals surface area contributed by atoms with E-state index in [-0.39, 0.29) is 11.2 Å². The van der Waals surface area contributed by atoms with Gasteiger partial charge in [-0.05, 0) is 31.5 Å². The van der Waals surface area contributed by atoms with Gasteiger partial charge in [0.05, 0.1) is 5.25 Å². The molecule has 7 heteroatoms. The average Bonchev–Trinajstić information content (AvgIpc) is 3.16. The monoisotopic (exact) mass is 398 g/mol. The predicted molar refractivity (Wildman–Crippen MR) is 113 cm³/mol. The minimum atomic E-state index is -0.236. The molecule has 0 radical (unpaired) electrons. The quantitative estimate of drug-likeness (QED) is 0.558. The van der Waals surface area contributed by atoms with Crippen LogP contribution < -0.4 is 10.2 Å². The molecule has 3 aromatic rings. The van der Waals surface area contributed by atoms with Crippen LogP contribution in [0.4, 0.5) is 10.8 Å². The summed E-state index contributed by atoms with van der Waals surface area (Å²) in [6.07, 6.45) is 0. The summed E-state index contributed by atoms with van der Waals surface area (Å²) in [6, 6.07) is 19.9. The standard InChI is InChI=1S/C20H22N4OS2/c1-3-24(17-12-8-5-9-13-17)18(25)15(2)26-20-23-22-19(27-20)21-14-16-10-6-4-7-11-16/h4-13,15H,3,14H2,1-2H3,(H,21,22)/t15-/m0/s1. The van der Waals surface area contributed by atoms with Crippen molar-refractivity contribution < 1.29 is 4.79 Å². The first-order valence-electron chi connectivity index (χ1n) is 8.81. The van der Waals surface area contributed by atoms with E-state index in [9.17, 15) is 4.79 Å². The number of carbonyl (C=O) groups excluding carboxylic acids is 1. The Morgan fingerprint density at radius 2 is 1.78 bits per heavy atom. The molecule has 0 aliphatic heterocycles. The van der Waals surface area contributed by atoms with Crippen molar-refractivity contribution in [2.24, 2.45) is 0 Å². The normalized spacial score (nSPS) is 11.8. The van der Waals surface area contributed by atoms with E-state index < -0.39 is 0 Å². The number of nitrogens with one attached hydrogen (secondary N) is 1. The number of para-hydroxylation sites is 1. The van der Waals surface area contributed by atoms with Crippen LogP contribution in [-0.4, -0.2) is 27.9 Å². The summed E-state index contributed by atoms with van der Waals surface area (Å²) in [6.45, 7) is 5.23. The van der Waals surface area contributed by atoms with Crippen LogP contribution in [0.1, 0.15) is 19.4 Å². The number of rotatable bonds is 8. The number of amides is 1. The van der Waals surface area contributed by atoms with Crippen LogP contribution >= 0.6 is 23.1 Å². The number of benzene rings is 2. The smallest absolute Gasteiger partial charge is 0.240 e. The summed E-state index contributed by atoms with van der Waals surface area (Å²) in [5, 5.41) is 12.2. The maximum absolute atomic E-state index is 12.8. The molecule has 1 heterocycles. The minimum Gasteiger partial charge on any atom is -0.356 e. The number of nitrogens with zero attached hydrogens (tertiary/aromatic N) is 3. The molecule has 140 valence electrons. The molecule has 2 aromatic carbocycles. The first-order chi connectivity index (χ1) is 13.2. The van der Waals surface area contributed by atoms with Crippen molar-refractivity contribution in [1.29, 1.82) is 0 Å². The van der Waals surface area contributed by atoms with Crippen molar-refractivity contribution in [2.75, 3.05) is 16.8 Å². The highest BCUT2D eigenvalue weighted by atomic mass is 32.2. The summed E-state index contributed by atoms with van der Waals surface area (Å²) in [5.74, 6) is 0.0719. The molecule has 1 atom stereocenters. The number of hydrogen-bond acceptors (Lipinski definition) is 6. The second-order valence-electron chi connectivity index (χ2n) is 5.89. The molecule has 0 fully saturated rings. The molecule has 0 unspecified atom stereocenters. The van der Waals surface area contributed by atoms with E-state index in [1.165, 1.54) is 28.7 Å². The maximum atomic E-state index is 12.8. The Kier molecular flexibility index (Phi) is 6.84. The molecule has 0 aliphatic rings. The lowest BCUT2D eigenvalue weighted by Gasteiger charge is -2.23. The molecule has 0 saturated heterocycles. The number of carbonyl (C=O) groups is 1. The van der Waals surface area contributed by atoms with Gasteiger partial charge in [-0.1, -0.05) is 71.6 Å². The number of hydrogen-bond donors (Lipinski definition) is 1. The van der Waals surface area contributed by atoms with Crippen LogP contribution in [0.25, 0.3) is 0 Å². The third-order valence-electron chi connectivity index (χ3n) is 3.97. The van der Waals surface area contributed by atoms with Crippen LogP contribution in [0.2, 0.25) is 0 Å². The van der Waals surface area contributed by atoms with Crippen molar-refractivity contribution in [3.8, 4) is 0 Å². The molecule has 1 N–H and O–H groups in total. The summed E-state index contributed by atoms with van der Waals surface area (Å²) >= 11 is 2.92. The van der Waals surface area contributed by atoms with Crippen LogP contribution in [-0.2, 0) is 11.3 Å². The molecule has 1 amide bonds. The van der Waals surface area contributed by atoms with Crippen molar-refractivity contribution in [1.82, 2.24) is 10.2 Å². The first-order valence-corrected chi connectivity index (χ1v) is 10.5. The minimum absolute atomic E-state index is 0.0719. The van der Waals surface area contributed by atoms with Crippen LogP contribution in [0.15, 0.2) is 65.0 Å². The van der Waals surface area contributed by atoms with Crippen LogP contribution in [0, 0.1) is 0 Å². The van der Waals surface area contributed by atoms with E-state index in [1.807, 2.05) is 62.4 Å². The lowest BCUT2D eigenvalue weighted by molar-refractivity contribution is -0.117. The van der Waals surface area contributed by atoms with E-state index in [4.69, 9.17) is 0 Å². The van der Waals surface area contributed by atoms with Crippen molar-refractivity contribution >= 4 is 39.8 Å². The van der Waals surface area contributed by atoms with Gasteiger partial charge in [0.1, 0.15) is 0 Å². The summed E-state index contributed by atoms with van der Waals surface area (Å²) in [7, 11) is 0. The van der Waals surface area contributed by atoms with E-state index in [0.717, 1.165) is 15.2 Å². The largest absolute Gasteiger partial charge is 0.356 e. The third kappa shape index (κ3) is 5.30. The van der Waals surface area contributed by atoms with Gasteiger partial charge in [-0.2, -0.15) is 0 Å². The molecule has 3 rings (SSSR count). The molecule has 27 heavy (non-hydrogen) atoms. The Bertz CT molecular complexity index is 855. The van der Waals surface area contributed by atoms with E-state index in [2.05, 4.69) is 27.6 Å². The van der Waals surface area contributed by atoms with Crippen LogP contribution in [0.3, 0.4) is 0 Å². The Morgan fingerprint density at radius 3 is 2.44 bits per heavy atom. The summed E-state index contributed by atoms with van der Waals surface area (Å²) in [4.78, 5) is 14.6. The van der Waals surface area contributed by atoms with Gasteiger partial charge in [-0.25, -0.2) is 0 Å². The van der Waals surface area contributed by atoms with Gasteiger partial charge in [-0.3, -0.25) is 4.79 Å². The molecular weight excluding hydrogens is 376 g/mol. The molecule has 0 bridgehead atoms. The Balaban J connectivity index is 1.58. The highest BCUT2D eigenvalue weighted by Crippen LogP contribution is 2.30. The topological polar surface area (TPSA) is 58.1 Å². The SMILES string of the molecule is CCN(C(=O)[C@H](C)Sc1nnc(NCc2ccccc2)s1)c1ccccc1. The fraction of sp³-hybridized carbons (Fsp3) is 0.250. The second kappa shape index (κ2) is 9.53. The lowest BCUT2D eigenvalue weighted by Crippen LogP contribution is -2.36. The molecular formula is C20H22N4OS2. The highest BCUT2D eigenvalue weighted by molar-refractivity contribution is 8.02. The van der Waals surface area contributed by atoms with Gasteiger partial charge in [-0.15, -0.1) is 10.2 Å². The second-order valence-corrected chi connectivity index (χ2v) is 8.46. The van der Waals surface area contributed by atoms with Gasteiger partial charge in [0.15, 0.2) is 4.34 Å². The van der Waals surface area contributed by atoms with E-state index in [0.29, 0.717) is 13.1 Å². The highest BCUT2D eigenvalue weighted by Gasteiger charge is 2.23. The van der Waals surface area contributed by atoms with Crippen molar-refractivity contribution in [3.05, 3.63) is 66.2 Å². The number of thioether (sulfide) groups is 1. The third-order valence-corrected chi connectivity index (χ3v) is 6.02. The van der Waals surface area contributed by atoms with Gasteiger partial charge in [0.2, 0.25) is 11.0 Å². The summed E-state index contributed by atoms with van der Waals surface area (Å²) < 4.78 is 0.788. The zero-order valence-electron chi connectivity index (χ0n) is 15.3. The van der Waals surface area contributed by atoms with Gasteiger partial charge >= 0.3 is 0 Å².